The van der Waals surface area contributed by atoms with Crippen molar-refractivity contribution in [1.29, 1.82) is 0 Å². The number of nitrogens with zero attached hydrogens (tertiary/aromatic N) is 2. The third-order valence-corrected chi connectivity index (χ3v) is 2.68. The minimum atomic E-state index is 0.737. The molecular weight excluding hydrogens is 202 g/mol. The van der Waals surface area contributed by atoms with E-state index in [1.165, 1.54) is 18.4 Å². The molecule has 1 saturated carbocycles. The number of aryl methyl sites for hydroxylation is 1. The van der Waals surface area contributed by atoms with Crippen LogP contribution in [0.3, 0.4) is 0 Å². The SMILES string of the molecule is COCCCc1ncc(CNC2CC2)cn1. The lowest BCUT2D eigenvalue weighted by atomic mass is 10.3. The molecule has 1 aromatic heterocycles. The van der Waals surface area contributed by atoms with Crippen LogP contribution in [0.5, 0.6) is 0 Å². The van der Waals surface area contributed by atoms with Gasteiger partial charge in [0.1, 0.15) is 5.82 Å². The molecule has 0 saturated heterocycles. The number of hydrogen-bond donors (Lipinski definition) is 1. The van der Waals surface area contributed by atoms with E-state index in [2.05, 4.69) is 15.3 Å². The lowest BCUT2D eigenvalue weighted by molar-refractivity contribution is 0.194. The molecule has 88 valence electrons. The molecule has 4 heteroatoms. The Morgan fingerprint density at radius 2 is 2.12 bits per heavy atom. The van der Waals surface area contributed by atoms with Crippen molar-refractivity contribution < 1.29 is 4.74 Å². The molecule has 0 atom stereocenters. The van der Waals surface area contributed by atoms with Crippen molar-refractivity contribution in [2.24, 2.45) is 0 Å². The zero-order chi connectivity index (χ0) is 11.2. The van der Waals surface area contributed by atoms with Crippen molar-refractivity contribution in [3.8, 4) is 0 Å². The van der Waals surface area contributed by atoms with Crippen LogP contribution in [-0.4, -0.2) is 29.7 Å². The maximum atomic E-state index is 4.99. The largest absolute Gasteiger partial charge is 0.385 e. The van der Waals surface area contributed by atoms with E-state index < -0.39 is 0 Å². The van der Waals surface area contributed by atoms with Crippen LogP contribution in [0.15, 0.2) is 12.4 Å². The number of aromatic nitrogens is 2. The van der Waals surface area contributed by atoms with Gasteiger partial charge in [-0.3, -0.25) is 0 Å². The summed E-state index contributed by atoms with van der Waals surface area (Å²) in [4.78, 5) is 8.68. The highest BCUT2D eigenvalue weighted by Gasteiger charge is 2.19. The highest BCUT2D eigenvalue weighted by Crippen LogP contribution is 2.18. The molecule has 0 unspecified atom stereocenters. The summed E-state index contributed by atoms with van der Waals surface area (Å²) in [6, 6.07) is 0.737. The number of nitrogens with one attached hydrogen (secondary N) is 1. The molecule has 0 spiro atoms. The molecule has 16 heavy (non-hydrogen) atoms. The molecule has 2 rings (SSSR count). The summed E-state index contributed by atoms with van der Waals surface area (Å²) >= 11 is 0. The molecule has 0 aliphatic heterocycles. The minimum Gasteiger partial charge on any atom is -0.385 e. The fraction of sp³-hybridized carbons (Fsp3) is 0.667. The van der Waals surface area contributed by atoms with Gasteiger partial charge in [-0.15, -0.1) is 0 Å². The van der Waals surface area contributed by atoms with Gasteiger partial charge in [-0.1, -0.05) is 0 Å². The van der Waals surface area contributed by atoms with Crippen LogP contribution in [0.1, 0.15) is 30.7 Å². The molecule has 0 bridgehead atoms. The van der Waals surface area contributed by atoms with Crippen LogP contribution in [0, 0.1) is 0 Å². The molecule has 4 nitrogen and oxygen atoms in total. The number of methoxy groups -OCH3 is 1. The molecular formula is C12H19N3O. The van der Waals surface area contributed by atoms with Crippen molar-refractivity contribution >= 4 is 0 Å². The van der Waals surface area contributed by atoms with E-state index in [0.717, 1.165) is 37.9 Å². The van der Waals surface area contributed by atoms with Gasteiger partial charge in [0.25, 0.3) is 0 Å². The third-order valence-electron chi connectivity index (χ3n) is 2.68. The Morgan fingerprint density at radius 3 is 2.75 bits per heavy atom. The van der Waals surface area contributed by atoms with E-state index in [9.17, 15) is 0 Å². The van der Waals surface area contributed by atoms with Crippen molar-refractivity contribution in [1.82, 2.24) is 15.3 Å². The topological polar surface area (TPSA) is 47.0 Å². The molecule has 1 aliphatic rings. The normalized spacial score (nSPS) is 15.3. The predicted octanol–water partition coefficient (Wildman–Crippen LogP) is 1.31. The van der Waals surface area contributed by atoms with E-state index in [1.54, 1.807) is 7.11 Å². The fourth-order valence-electron chi connectivity index (χ4n) is 1.53. The maximum Gasteiger partial charge on any atom is 0.128 e. The van der Waals surface area contributed by atoms with Crippen LogP contribution in [-0.2, 0) is 17.7 Å². The Bertz CT molecular complexity index is 309. The summed E-state index contributed by atoms with van der Waals surface area (Å²) in [6.07, 6.45) is 8.35. The van der Waals surface area contributed by atoms with Crippen LogP contribution in [0.4, 0.5) is 0 Å². The predicted molar refractivity (Wildman–Crippen MR) is 62.1 cm³/mol. The van der Waals surface area contributed by atoms with E-state index in [4.69, 9.17) is 4.74 Å². The first kappa shape index (κ1) is 11.5. The van der Waals surface area contributed by atoms with Gasteiger partial charge in [0.2, 0.25) is 0 Å². The number of rotatable bonds is 7. The van der Waals surface area contributed by atoms with Crippen molar-refractivity contribution in [3.63, 3.8) is 0 Å². The summed E-state index contributed by atoms with van der Waals surface area (Å²) in [6.45, 7) is 1.66. The van der Waals surface area contributed by atoms with Crippen LogP contribution >= 0.6 is 0 Å². The lowest BCUT2D eigenvalue weighted by Gasteiger charge is -2.03. The Balaban J connectivity index is 1.74. The summed E-state index contributed by atoms with van der Waals surface area (Å²) < 4.78 is 4.99. The van der Waals surface area contributed by atoms with Gasteiger partial charge in [-0.05, 0) is 19.3 Å². The van der Waals surface area contributed by atoms with Crippen molar-refractivity contribution in [3.05, 3.63) is 23.8 Å². The van der Waals surface area contributed by atoms with E-state index in [-0.39, 0.29) is 0 Å². The van der Waals surface area contributed by atoms with Crippen molar-refractivity contribution in [2.45, 2.75) is 38.3 Å². The summed E-state index contributed by atoms with van der Waals surface area (Å²) in [5, 5.41) is 3.44. The Labute approximate surface area is 96.4 Å². The second-order valence-electron chi connectivity index (χ2n) is 4.26. The summed E-state index contributed by atoms with van der Waals surface area (Å²) in [5.41, 5.74) is 1.17. The van der Waals surface area contributed by atoms with Crippen LogP contribution in [0.25, 0.3) is 0 Å². The molecule has 1 fully saturated rings. The zero-order valence-electron chi connectivity index (χ0n) is 9.78. The first-order valence-electron chi connectivity index (χ1n) is 5.90. The first-order chi connectivity index (χ1) is 7.88. The second-order valence-corrected chi connectivity index (χ2v) is 4.26. The number of ether oxygens (including phenoxy) is 1. The average Bonchev–Trinajstić information content (AvgIpc) is 3.12. The monoisotopic (exact) mass is 221 g/mol. The number of hydrogen-bond acceptors (Lipinski definition) is 4. The fourth-order valence-corrected chi connectivity index (χ4v) is 1.53. The molecule has 0 amide bonds. The van der Waals surface area contributed by atoms with Crippen LogP contribution < -0.4 is 5.32 Å². The maximum absolute atomic E-state index is 4.99. The standard InChI is InChI=1S/C12H19N3O/c1-16-6-2-3-12-14-8-10(9-15-12)7-13-11-4-5-11/h8-9,11,13H,2-7H2,1H3. The summed E-state index contributed by atoms with van der Waals surface area (Å²) in [5.74, 6) is 0.909. The molecule has 1 aromatic rings. The summed E-state index contributed by atoms with van der Waals surface area (Å²) in [7, 11) is 1.72. The van der Waals surface area contributed by atoms with Gasteiger partial charge in [-0.2, -0.15) is 0 Å². The highest BCUT2D eigenvalue weighted by atomic mass is 16.5. The first-order valence-corrected chi connectivity index (χ1v) is 5.90. The molecule has 1 heterocycles. The third kappa shape index (κ3) is 3.87. The Morgan fingerprint density at radius 1 is 1.38 bits per heavy atom. The Kier molecular flexibility index (Phi) is 4.25. The van der Waals surface area contributed by atoms with E-state index in [0.29, 0.717) is 0 Å². The molecule has 1 N–H and O–H groups in total. The van der Waals surface area contributed by atoms with Gasteiger partial charge in [-0.25, -0.2) is 9.97 Å². The van der Waals surface area contributed by atoms with Gasteiger partial charge in [0.15, 0.2) is 0 Å². The minimum absolute atomic E-state index is 0.737. The smallest absolute Gasteiger partial charge is 0.128 e. The van der Waals surface area contributed by atoms with Gasteiger partial charge < -0.3 is 10.1 Å². The van der Waals surface area contributed by atoms with Gasteiger partial charge in [0.05, 0.1) is 0 Å². The highest BCUT2D eigenvalue weighted by molar-refractivity contribution is 5.05. The zero-order valence-corrected chi connectivity index (χ0v) is 9.78. The van der Waals surface area contributed by atoms with Gasteiger partial charge >= 0.3 is 0 Å². The Hall–Kier alpha value is -1.00. The average molecular weight is 221 g/mol. The molecule has 0 radical (unpaired) electrons. The van der Waals surface area contributed by atoms with Crippen LogP contribution in [0.2, 0.25) is 0 Å². The van der Waals surface area contributed by atoms with E-state index in [1.807, 2.05) is 12.4 Å². The van der Waals surface area contributed by atoms with Crippen molar-refractivity contribution in [2.75, 3.05) is 13.7 Å². The molecule has 0 aromatic carbocycles. The van der Waals surface area contributed by atoms with E-state index >= 15 is 0 Å². The van der Waals surface area contributed by atoms with Gasteiger partial charge in [0, 0.05) is 50.7 Å². The second kappa shape index (κ2) is 5.92. The molecule has 1 aliphatic carbocycles. The lowest BCUT2D eigenvalue weighted by Crippen LogP contribution is -2.15. The quantitative estimate of drug-likeness (QED) is 0.705.